The van der Waals surface area contributed by atoms with Crippen LogP contribution in [0.1, 0.15) is 24.0 Å². The molecule has 1 fully saturated rings. The minimum atomic E-state index is -0.414. The van der Waals surface area contributed by atoms with E-state index in [1.165, 1.54) is 6.08 Å². The lowest BCUT2D eigenvalue weighted by molar-refractivity contribution is -0.117. The molecule has 1 amide bonds. The van der Waals surface area contributed by atoms with Gasteiger partial charge in [0.2, 0.25) is 0 Å². The van der Waals surface area contributed by atoms with Gasteiger partial charge in [-0.15, -0.1) is 0 Å². The molecule has 28 heavy (non-hydrogen) atoms. The number of carbonyl (C=O) groups is 1. The van der Waals surface area contributed by atoms with Gasteiger partial charge in [0.1, 0.15) is 24.0 Å². The van der Waals surface area contributed by atoms with Gasteiger partial charge in [0, 0.05) is 23.7 Å². The van der Waals surface area contributed by atoms with Gasteiger partial charge in [-0.3, -0.25) is 4.79 Å². The lowest BCUT2D eigenvalue weighted by Crippen LogP contribution is -2.32. The molecule has 0 bridgehead atoms. The van der Waals surface area contributed by atoms with Crippen molar-refractivity contribution in [1.82, 2.24) is 5.32 Å². The Bertz CT molecular complexity index is 899. The van der Waals surface area contributed by atoms with Crippen LogP contribution in [0.2, 0.25) is 5.02 Å². The van der Waals surface area contributed by atoms with Crippen molar-refractivity contribution in [3.05, 3.63) is 70.3 Å². The Morgan fingerprint density at radius 2 is 2.18 bits per heavy atom. The molecule has 144 valence electrons. The van der Waals surface area contributed by atoms with E-state index in [1.54, 1.807) is 18.2 Å². The summed E-state index contributed by atoms with van der Waals surface area (Å²) in [7, 11) is 0. The van der Waals surface area contributed by atoms with Crippen LogP contribution < -0.4 is 10.1 Å². The highest BCUT2D eigenvalue weighted by Gasteiger charge is 2.18. The van der Waals surface area contributed by atoms with Gasteiger partial charge in [-0.25, -0.2) is 0 Å². The summed E-state index contributed by atoms with van der Waals surface area (Å²) in [6.07, 6.45) is 3.49. The van der Waals surface area contributed by atoms with Gasteiger partial charge >= 0.3 is 0 Å². The summed E-state index contributed by atoms with van der Waals surface area (Å²) >= 11 is 6.00. The smallest absolute Gasteiger partial charge is 0.262 e. The Kier molecular flexibility index (Phi) is 7.07. The molecule has 0 spiro atoms. The maximum atomic E-state index is 12.4. The highest BCUT2D eigenvalue weighted by Crippen LogP contribution is 2.23. The topological polar surface area (TPSA) is 71.3 Å². The second-order valence-electron chi connectivity index (χ2n) is 6.47. The van der Waals surface area contributed by atoms with E-state index < -0.39 is 5.91 Å². The van der Waals surface area contributed by atoms with Crippen LogP contribution in [0.15, 0.2) is 54.1 Å². The Morgan fingerprint density at radius 3 is 2.93 bits per heavy atom. The van der Waals surface area contributed by atoms with Crippen LogP contribution in [0.3, 0.4) is 0 Å². The van der Waals surface area contributed by atoms with Crippen LogP contribution in [-0.4, -0.2) is 25.2 Å². The average molecular weight is 397 g/mol. The average Bonchev–Trinajstić information content (AvgIpc) is 3.23. The van der Waals surface area contributed by atoms with Crippen LogP contribution in [0.4, 0.5) is 0 Å². The Labute approximate surface area is 169 Å². The van der Waals surface area contributed by atoms with E-state index in [9.17, 15) is 10.1 Å². The second-order valence-corrected chi connectivity index (χ2v) is 6.91. The zero-order chi connectivity index (χ0) is 19.8. The first-order valence-corrected chi connectivity index (χ1v) is 9.51. The summed E-state index contributed by atoms with van der Waals surface area (Å²) in [5, 5.41) is 12.8. The van der Waals surface area contributed by atoms with Crippen molar-refractivity contribution in [2.75, 3.05) is 13.2 Å². The van der Waals surface area contributed by atoms with Gasteiger partial charge in [-0.2, -0.15) is 5.26 Å². The summed E-state index contributed by atoms with van der Waals surface area (Å²) in [5.41, 5.74) is 1.62. The zero-order valence-electron chi connectivity index (χ0n) is 15.4. The summed E-state index contributed by atoms with van der Waals surface area (Å²) in [6, 6.07) is 16.7. The number of hydrogen-bond acceptors (Lipinski definition) is 4. The molecule has 1 aliphatic rings. The van der Waals surface area contributed by atoms with E-state index in [0.29, 0.717) is 29.5 Å². The fourth-order valence-corrected chi connectivity index (χ4v) is 3.14. The number of nitrogens with zero attached hydrogens (tertiary/aromatic N) is 1. The summed E-state index contributed by atoms with van der Waals surface area (Å²) in [5.74, 6) is 0.171. The minimum Gasteiger partial charge on any atom is -0.488 e. The SMILES string of the molecule is N#C/C(=C\c1ccccc1OCc1cccc(Cl)c1)C(=O)NC[C@H]1CCCO1. The number of nitrogens with one attached hydrogen (secondary N) is 1. The third-order valence-electron chi connectivity index (χ3n) is 4.38. The highest BCUT2D eigenvalue weighted by atomic mass is 35.5. The van der Waals surface area contributed by atoms with E-state index in [4.69, 9.17) is 21.1 Å². The monoisotopic (exact) mass is 396 g/mol. The number of ether oxygens (including phenoxy) is 2. The van der Waals surface area contributed by atoms with Crippen LogP contribution >= 0.6 is 11.6 Å². The van der Waals surface area contributed by atoms with Crippen LogP contribution in [0, 0.1) is 11.3 Å². The number of para-hydroxylation sites is 1. The van der Waals surface area contributed by atoms with E-state index in [2.05, 4.69) is 5.32 Å². The third kappa shape index (κ3) is 5.59. The quantitative estimate of drug-likeness (QED) is 0.564. The van der Waals surface area contributed by atoms with Crippen LogP contribution in [0.5, 0.6) is 5.75 Å². The van der Waals surface area contributed by atoms with Crippen molar-refractivity contribution < 1.29 is 14.3 Å². The molecule has 1 N–H and O–H groups in total. The predicted octanol–water partition coefficient (Wildman–Crippen LogP) is 4.12. The number of hydrogen-bond donors (Lipinski definition) is 1. The van der Waals surface area contributed by atoms with Gasteiger partial charge in [-0.1, -0.05) is 41.9 Å². The number of rotatable bonds is 7. The van der Waals surface area contributed by atoms with Crippen molar-refractivity contribution in [1.29, 1.82) is 5.26 Å². The Hall–Kier alpha value is -2.81. The zero-order valence-corrected chi connectivity index (χ0v) is 16.1. The number of nitriles is 1. The third-order valence-corrected chi connectivity index (χ3v) is 4.62. The molecule has 5 nitrogen and oxygen atoms in total. The van der Waals surface area contributed by atoms with E-state index in [-0.39, 0.29) is 11.7 Å². The van der Waals surface area contributed by atoms with Gasteiger partial charge in [0.25, 0.3) is 5.91 Å². The minimum absolute atomic E-state index is 0.0248. The normalized spacial score (nSPS) is 16.4. The molecule has 2 aromatic rings. The van der Waals surface area contributed by atoms with Crippen LogP contribution in [-0.2, 0) is 16.1 Å². The summed E-state index contributed by atoms with van der Waals surface area (Å²) in [4.78, 5) is 12.4. The first-order chi connectivity index (χ1) is 13.7. The molecular formula is C22H21ClN2O3. The summed E-state index contributed by atoms with van der Waals surface area (Å²) in [6.45, 7) is 1.46. The van der Waals surface area contributed by atoms with Crippen LogP contribution in [0.25, 0.3) is 6.08 Å². The molecule has 0 aliphatic carbocycles. The van der Waals surface area contributed by atoms with E-state index in [0.717, 1.165) is 25.0 Å². The lowest BCUT2D eigenvalue weighted by Gasteiger charge is -2.11. The number of halogens is 1. The highest BCUT2D eigenvalue weighted by molar-refractivity contribution is 6.30. The molecular weight excluding hydrogens is 376 g/mol. The first-order valence-electron chi connectivity index (χ1n) is 9.13. The fraction of sp³-hybridized carbons (Fsp3) is 0.273. The van der Waals surface area contributed by atoms with Crippen molar-refractivity contribution in [3.8, 4) is 11.8 Å². The molecule has 0 saturated carbocycles. The molecule has 1 aliphatic heterocycles. The van der Waals surface area contributed by atoms with Crippen molar-refractivity contribution in [3.63, 3.8) is 0 Å². The van der Waals surface area contributed by atoms with Crippen molar-refractivity contribution in [2.24, 2.45) is 0 Å². The molecule has 1 atom stereocenters. The summed E-state index contributed by atoms with van der Waals surface area (Å²) < 4.78 is 11.4. The number of amides is 1. The van der Waals surface area contributed by atoms with Gasteiger partial charge < -0.3 is 14.8 Å². The molecule has 0 aromatic heterocycles. The number of carbonyl (C=O) groups excluding carboxylic acids is 1. The van der Waals surface area contributed by atoms with Gasteiger partial charge in [0.15, 0.2) is 0 Å². The van der Waals surface area contributed by atoms with Gasteiger partial charge in [0.05, 0.1) is 6.10 Å². The van der Waals surface area contributed by atoms with E-state index >= 15 is 0 Å². The van der Waals surface area contributed by atoms with E-state index in [1.807, 2.05) is 36.4 Å². The molecule has 1 saturated heterocycles. The molecule has 0 unspecified atom stereocenters. The molecule has 1 heterocycles. The first kappa shape index (κ1) is 19.9. The maximum absolute atomic E-state index is 12.4. The molecule has 3 rings (SSSR count). The molecule has 6 heteroatoms. The Morgan fingerprint density at radius 1 is 1.32 bits per heavy atom. The number of benzene rings is 2. The largest absolute Gasteiger partial charge is 0.488 e. The Balaban J connectivity index is 1.68. The maximum Gasteiger partial charge on any atom is 0.262 e. The van der Waals surface area contributed by atoms with Crippen molar-refractivity contribution >= 4 is 23.6 Å². The van der Waals surface area contributed by atoms with Gasteiger partial charge in [-0.05, 0) is 42.7 Å². The second kappa shape index (κ2) is 9.93. The predicted molar refractivity (Wildman–Crippen MR) is 108 cm³/mol. The standard InChI is InChI=1S/C22H21ClN2O3/c23-19-7-3-5-16(11-19)15-28-21-9-2-1-6-17(21)12-18(13-24)22(26)25-14-20-8-4-10-27-20/h1-3,5-7,9,11-12,20H,4,8,10,14-15H2,(H,25,26)/b18-12+/t20-/m1/s1. The fourth-order valence-electron chi connectivity index (χ4n) is 2.93. The lowest BCUT2D eigenvalue weighted by atomic mass is 10.1. The molecule has 0 radical (unpaired) electrons. The van der Waals surface area contributed by atoms with Crippen molar-refractivity contribution in [2.45, 2.75) is 25.6 Å². The molecule has 2 aromatic carbocycles.